The van der Waals surface area contributed by atoms with Crippen molar-refractivity contribution in [2.24, 2.45) is 7.05 Å². The van der Waals surface area contributed by atoms with E-state index in [1.54, 1.807) is 4.68 Å². The summed E-state index contributed by atoms with van der Waals surface area (Å²) in [6.07, 6.45) is 0. The largest absolute Gasteiger partial charge is 0.351 e. The highest BCUT2D eigenvalue weighted by atomic mass is 15.6. The number of likely N-dealkylation sites (N-methyl/N-ethyl adjacent to an activating group) is 2. The maximum absolute atomic E-state index is 3.90. The van der Waals surface area contributed by atoms with E-state index in [0.29, 0.717) is 6.04 Å². The zero-order chi connectivity index (χ0) is 11.5. The molecule has 7 nitrogen and oxygen atoms in total. The average Bonchev–Trinajstić information content (AvgIpc) is 2.66. The van der Waals surface area contributed by atoms with Gasteiger partial charge in [0.1, 0.15) is 0 Å². The highest BCUT2D eigenvalue weighted by Crippen LogP contribution is 2.06. The molecule has 0 aromatic carbocycles. The minimum Gasteiger partial charge on any atom is -0.351 e. The standard InChI is InChI=1S/C9H19N7/c1-14-4-5-15(2)8(7-14)6-10-9-11-12-13-16(9)3/h8H,4-7H2,1-3H3,(H,10,11,13). The van der Waals surface area contributed by atoms with Gasteiger partial charge in [0, 0.05) is 39.3 Å². The van der Waals surface area contributed by atoms with Gasteiger partial charge in [-0.05, 0) is 24.5 Å². The Morgan fingerprint density at radius 2 is 2.12 bits per heavy atom. The summed E-state index contributed by atoms with van der Waals surface area (Å²) in [4.78, 5) is 4.72. The average molecular weight is 225 g/mol. The number of nitrogens with zero attached hydrogens (tertiary/aromatic N) is 6. The fourth-order valence-electron chi connectivity index (χ4n) is 1.91. The summed E-state index contributed by atoms with van der Waals surface area (Å²) in [7, 11) is 6.15. The van der Waals surface area contributed by atoms with Gasteiger partial charge in [-0.3, -0.25) is 4.90 Å². The first-order valence-corrected chi connectivity index (χ1v) is 5.52. The van der Waals surface area contributed by atoms with Crippen LogP contribution in [0, 0.1) is 0 Å². The maximum Gasteiger partial charge on any atom is 0.242 e. The van der Waals surface area contributed by atoms with Gasteiger partial charge in [0.25, 0.3) is 0 Å². The summed E-state index contributed by atoms with van der Waals surface area (Å²) in [5.74, 6) is 0.724. The quantitative estimate of drug-likeness (QED) is 0.702. The lowest BCUT2D eigenvalue weighted by molar-refractivity contribution is 0.121. The molecule has 1 fully saturated rings. The lowest BCUT2D eigenvalue weighted by Gasteiger charge is -2.37. The second kappa shape index (κ2) is 4.75. The number of rotatable bonds is 3. The smallest absolute Gasteiger partial charge is 0.242 e. The molecule has 1 aromatic rings. The molecule has 1 aliphatic heterocycles. The SMILES string of the molecule is CN1CCN(C)C(CNc2nnnn2C)C1. The molecule has 0 spiro atoms. The predicted molar refractivity (Wildman–Crippen MR) is 61.2 cm³/mol. The number of aryl methyl sites for hydroxylation is 1. The topological polar surface area (TPSA) is 62.1 Å². The van der Waals surface area contributed by atoms with E-state index in [0.717, 1.165) is 32.1 Å². The van der Waals surface area contributed by atoms with Crippen LogP contribution in [0.1, 0.15) is 0 Å². The third-order valence-electron chi connectivity index (χ3n) is 3.10. The predicted octanol–water partition coefficient (Wildman–Crippen LogP) is -1.13. The van der Waals surface area contributed by atoms with Gasteiger partial charge < -0.3 is 10.2 Å². The first-order valence-electron chi connectivity index (χ1n) is 5.52. The number of nitrogens with one attached hydrogen (secondary N) is 1. The van der Waals surface area contributed by atoms with Crippen molar-refractivity contribution in [3.63, 3.8) is 0 Å². The normalized spacial score (nSPS) is 23.6. The second-order valence-corrected chi connectivity index (χ2v) is 4.40. The van der Waals surface area contributed by atoms with Crippen LogP contribution in [0.15, 0.2) is 0 Å². The van der Waals surface area contributed by atoms with Gasteiger partial charge in [0.2, 0.25) is 5.95 Å². The first-order chi connectivity index (χ1) is 7.66. The molecule has 1 N–H and O–H groups in total. The van der Waals surface area contributed by atoms with Gasteiger partial charge in [-0.25, -0.2) is 4.68 Å². The zero-order valence-corrected chi connectivity index (χ0v) is 10.1. The minimum atomic E-state index is 0.510. The Bertz CT molecular complexity index is 336. The van der Waals surface area contributed by atoms with Crippen molar-refractivity contribution >= 4 is 5.95 Å². The van der Waals surface area contributed by atoms with Gasteiger partial charge in [-0.2, -0.15) is 0 Å². The van der Waals surface area contributed by atoms with Crippen molar-refractivity contribution < 1.29 is 0 Å². The molecule has 1 aromatic heterocycles. The Hall–Kier alpha value is -1.21. The molecule has 7 heteroatoms. The highest BCUT2D eigenvalue weighted by Gasteiger charge is 2.22. The van der Waals surface area contributed by atoms with Gasteiger partial charge in [-0.15, -0.1) is 0 Å². The van der Waals surface area contributed by atoms with Crippen molar-refractivity contribution in [3.8, 4) is 0 Å². The van der Waals surface area contributed by atoms with Crippen molar-refractivity contribution in [1.82, 2.24) is 30.0 Å². The van der Waals surface area contributed by atoms with Crippen LogP contribution in [0.4, 0.5) is 5.95 Å². The van der Waals surface area contributed by atoms with Crippen LogP contribution < -0.4 is 5.32 Å². The molecule has 1 saturated heterocycles. The fraction of sp³-hybridized carbons (Fsp3) is 0.889. The Morgan fingerprint density at radius 3 is 2.81 bits per heavy atom. The summed E-state index contributed by atoms with van der Waals surface area (Å²) in [6, 6.07) is 0.510. The van der Waals surface area contributed by atoms with E-state index in [1.165, 1.54) is 0 Å². The van der Waals surface area contributed by atoms with Crippen LogP contribution in [-0.4, -0.2) is 76.3 Å². The van der Waals surface area contributed by atoms with Gasteiger partial charge >= 0.3 is 0 Å². The number of aromatic nitrogens is 4. The molecule has 0 amide bonds. The van der Waals surface area contributed by atoms with E-state index in [9.17, 15) is 0 Å². The van der Waals surface area contributed by atoms with E-state index in [2.05, 4.69) is 44.7 Å². The van der Waals surface area contributed by atoms with Crippen LogP contribution >= 0.6 is 0 Å². The molecule has 0 bridgehead atoms. The van der Waals surface area contributed by atoms with Crippen LogP contribution in [0.3, 0.4) is 0 Å². The van der Waals surface area contributed by atoms with Crippen LogP contribution in [0.25, 0.3) is 0 Å². The summed E-state index contributed by atoms with van der Waals surface area (Å²) < 4.78 is 1.65. The van der Waals surface area contributed by atoms with Crippen molar-refractivity contribution in [2.45, 2.75) is 6.04 Å². The van der Waals surface area contributed by atoms with Gasteiger partial charge in [0.05, 0.1) is 0 Å². The Kier molecular flexibility index (Phi) is 3.35. The van der Waals surface area contributed by atoms with Crippen LogP contribution in [0.2, 0.25) is 0 Å². The number of tetrazole rings is 1. The number of hydrogen-bond acceptors (Lipinski definition) is 6. The van der Waals surface area contributed by atoms with Crippen molar-refractivity contribution in [1.29, 1.82) is 0 Å². The summed E-state index contributed by atoms with van der Waals surface area (Å²) in [5.41, 5.74) is 0. The van der Waals surface area contributed by atoms with Gasteiger partial charge in [-0.1, -0.05) is 5.10 Å². The Labute approximate surface area is 95.4 Å². The molecule has 16 heavy (non-hydrogen) atoms. The summed E-state index contributed by atoms with van der Waals surface area (Å²) in [5, 5.41) is 14.6. The third-order valence-corrected chi connectivity index (χ3v) is 3.10. The van der Waals surface area contributed by atoms with Gasteiger partial charge in [0.15, 0.2) is 0 Å². The molecule has 1 unspecified atom stereocenters. The number of hydrogen-bond donors (Lipinski definition) is 1. The fourth-order valence-corrected chi connectivity index (χ4v) is 1.91. The highest BCUT2D eigenvalue weighted by molar-refractivity contribution is 5.21. The lowest BCUT2D eigenvalue weighted by Crippen LogP contribution is -2.52. The molecule has 0 saturated carbocycles. The summed E-state index contributed by atoms with van der Waals surface area (Å²) in [6.45, 7) is 4.20. The molecule has 90 valence electrons. The van der Waals surface area contributed by atoms with E-state index in [1.807, 2.05) is 7.05 Å². The summed E-state index contributed by atoms with van der Waals surface area (Å²) >= 11 is 0. The van der Waals surface area contributed by atoms with Crippen molar-refractivity contribution in [3.05, 3.63) is 0 Å². The third kappa shape index (κ3) is 2.48. The second-order valence-electron chi connectivity index (χ2n) is 4.40. The zero-order valence-electron chi connectivity index (χ0n) is 10.1. The van der Waals surface area contributed by atoms with E-state index >= 15 is 0 Å². The molecule has 0 aliphatic carbocycles. The van der Waals surface area contributed by atoms with Crippen LogP contribution in [0.5, 0.6) is 0 Å². The van der Waals surface area contributed by atoms with Crippen LogP contribution in [-0.2, 0) is 7.05 Å². The Balaban J connectivity index is 1.87. The Morgan fingerprint density at radius 1 is 1.31 bits per heavy atom. The van der Waals surface area contributed by atoms with E-state index in [-0.39, 0.29) is 0 Å². The van der Waals surface area contributed by atoms with E-state index < -0.39 is 0 Å². The molecule has 1 aliphatic rings. The van der Waals surface area contributed by atoms with Crippen molar-refractivity contribution in [2.75, 3.05) is 45.6 Å². The maximum atomic E-state index is 3.90. The molecule has 0 radical (unpaired) electrons. The minimum absolute atomic E-state index is 0.510. The molecular weight excluding hydrogens is 206 g/mol. The number of piperazine rings is 1. The molecular formula is C9H19N7. The number of anilines is 1. The molecule has 1 atom stereocenters. The lowest BCUT2D eigenvalue weighted by atomic mass is 10.2. The monoisotopic (exact) mass is 225 g/mol. The first kappa shape index (κ1) is 11.3. The molecule has 2 rings (SSSR count). The molecule has 2 heterocycles. The van der Waals surface area contributed by atoms with E-state index in [4.69, 9.17) is 0 Å².